The summed E-state index contributed by atoms with van der Waals surface area (Å²) in [5.74, 6) is -0.533. The first kappa shape index (κ1) is 12.9. The van der Waals surface area contributed by atoms with Gasteiger partial charge in [-0.3, -0.25) is 9.59 Å². The first-order valence-electron chi connectivity index (χ1n) is 4.15. The fourth-order valence-corrected chi connectivity index (χ4v) is 1.82. The van der Waals surface area contributed by atoms with Crippen molar-refractivity contribution in [2.75, 3.05) is 6.61 Å². The molecular formula is C9H15IO3. The summed E-state index contributed by atoms with van der Waals surface area (Å²) in [5.41, 5.74) is -0.487. The van der Waals surface area contributed by atoms with Crippen LogP contribution in [0.2, 0.25) is 0 Å². The number of alkyl halides is 1. The molecule has 0 fully saturated rings. The molecule has 0 saturated heterocycles. The second-order valence-electron chi connectivity index (χ2n) is 3.73. The second-order valence-corrected chi connectivity index (χ2v) is 4.97. The topological polar surface area (TPSA) is 43.4 Å². The van der Waals surface area contributed by atoms with E-state index in [1.807, 2.05) is 22.6 Å². The van der Waals surface area contributed by atoms with Crippen LogP contribution in [0, 0.1) is 5.41 Å². The van der Waals surface area contributed by atoms with E-state index in [2.05, 4.69) is 0 Å². The Bertz CT molecular complexity index is 205. The van der Waals surface area contributed by atoms with Gasteiger partial charge in [0, 0.05) is 5.41 Å². The van der Waals surface area contributed by atoms with Crippen molar-refractivity contribution in [3.8, 4) is 0 Å². The molecule has 0 spiro atoms. The summed E-state index contributed by atoms with van der Waals surface area (Å²) < 4.78 is 4.07. The van der Waals surface area contributed by atoms with Crippen molar-refractivity contribution in [1.29, 1.82) is 0 Å². The molecule has 76 valence electrons. The number of halogens is 1. The van der Waals surface area contributed by atoms with Gasteiger partial charge in [0.1, 0.15) is 0 Å². The number of Topliss-reactive ketones (excluding diaryl/α,β-unsaturated/α-hetero) is 1. The van der Waals surface area contributed by atoms with E-state index in [9.17, 15) is 9.59 Å². The van der Waals surface area contributed by atoms with Gasteiger partial charge in [-0.1, -0.05) is 43.4 Å². The van der Waals surface area contributed by atoms with Gasteiger partial charge >= 0.3 is 5.97 Å². The minimum Gasteiger partial charge on any atom is -0.465 e. The first-order chi connectivity index (χ1) is 5.80. The predicted octanol–water partition coefficient (Wildman–Crippen LogP) is 1.97. The Morgan fingerprint density at radius 1 is 1.38 bits per heavy atom. The number of ketones is 1. The lowest BCUT2D eigenvalue weighted by Gasteiger charge is -2.19. The lowest BCUT2D eigenvalue weighted by molar-refractivity contribution is -0.145. The summed E-state index contributed by atoms with van der Waals surface area (Å²) >= 11 is 1.82. The van der Waals surface area contributed by atoms with Crippen LogP contribution in [-0.2, 0) is 14.3 Å². The molecule has 4 heteroatoms. The number of ether oxygens (including phenoxy) is 1. The molecular weight excluding hydrogens is 283 g/mol. The molecule has 0 saturated carbocycles. The monoisotopic (exact) mass is 298 g/mol. The van der Waals surface area contributed by atoms with Gasteiger partial charge in [0.05, 0.1) is 6.61 Å². The molecule has 0 aromatic heterocycles. The molecule has 0 heterocycles. The Balaban J connectivity index is 4.35. The highest BCUT2D eigenvalue weighted by Gasteiger charge is 2.33. The number of rotatable bonds is 3. The molecule has 0 aliphatic rings. The van der Waals surface area contributed by atoms with Gasteiger partial charge < -0.3 is 4.74 Å². The van der Waals surface area contributed by atoms with Crippen LogP contribution >= 0.6 is 22.6 Å². The molecule has 0 aliphatic carbocycles. The summed E-state index contributed by atoms with van der Waals surface area (Å²) in [6.45, 7) is 7.42. The number of hydrogen-bond acceptors (Lipinski definition) is 3. The van der Waals surface area contributed by atoms with Crippen molar-refractivity contribution >= 4 is 34.3 Å². The van der Waals surface area contributed by atoms with Crippen LogP contribution in [0.4, 0.5) is 0 Å². The van der Waals surface area contributed by atoms with Crippen LogP contribution in [0.1, 0.15) is 27.7 Å². The Kier molecular flexibility index (Phi) is 4.88. The minimum atomic E-state index is -0.683. The first-order valence-corrected chi connectivity index (χ1v) is 5.40. The zero-order valence-electron chi connectivity index (χ0n) is 8.39. The Hall–Kier alpha value is -0.130. The maximum Gasteiger partial charge on any atom is 0.326 e. The van der Waals surface area contributed by atoms with Crippen LogP contribution < -0.4 is 0 Å². The van der Waals surface area contributed by atoms with E-state index in [1.54, 1.807) is 27.7 Å². The number of hydrogen-bond donors (Lipinski definition) is 0. The highest BCUT2D eigenvalue weighted by Crippen LogP contribution is 2.21. The standard InChI is InChI=1S/C9H15IO3/c1-5-13-8(12)6(10)7(11)9(2,3)4/h6H,5H2,1-4H3. The smallest absolute Gasteiger partial charge is 0.326 e. The second kappa shape index (κ2) is 4.93. The molecule has 0 amide bonds. The average Bonchev–Trinajstić information content (AvgIpc) is 2.00. The molecule has 0 aromatic carbocycles. The van der Waals surface area contributed by atoms with E-state index in [1.165, 1.54) is 0 Å². The Morgan fingerprint density at radius 3 is 2.15 bits per heavy atom. The van der Waals surface area contributed by atoms with Crippen molar-refractivity contribution in [1.82, 2.24) is 0 Å². The van der Waals surface area contributed by atoms with E-state index >= 15 is 0 Å². The Morgan fingerprint density at radius 2 is 1.85 bits per heavy atom. The molecule has 0 bridgehead atoms. The van der Waals surface area contributed by atoms with Crippen LogP contribution in [0.5, 0.6) is 0 Å². The van der Waals surface area contributed by atoms with Gasteiger partial charge in [-0.25, -0.2) is 0 Å². The van der Waals surface area contributed by atoms with Crippen LogP contribution in [0.15, 0.2) is 0 Å². The maximum absolute atomic E-state index is 11.6. The zero-order chi connectivity index (χ0) is 10.6. The van der Waals surface area contributed by atoms with Crippen molar-refractivity contribution in [3.05, 3.63) is 0 Å². The third kappa shape index (κ3) is 4.06. The highest BCUT2D eigenvalue weighted by molar-refractivity contribution is 14.1. The van der Waals surface area contributed by atoms with Crippen molar-refractivity contribution in [3.63, 3.8) is 0 Å². The summed E-state index contributed by atoms with van der Waals surface area (Å²) in [6, 6.07) is 0. The number of esters is 1. The van der Waals surface area contributed by atoms with Crippen LogP contribution in [0.25, 0.3) is 0 Å². The summed E-state index contributed by atoms with van der Waals surface area (Å²) in [7, 11) is 0. The number of carbonyl (C=O) groups excluding carboxylic acids is 2. The van der Waals surface area contributed by atoms with E-state index in [0.717, 1.165) is 0 Å². The average molecular weight is 298 g/mol. The van der Waals surface area contributed by atoms with Crippen molar-refractivity contribution in [2.24, 2.45) is 5.41 Å². The van der Waals surface area contributed by atoms with Gasteiger partial charge in [-0.2, -0.15) is 0 Å². The molecule has 0 aromatic rings. The van der Waals surface area contributed by atoms with E-state index < -0.39 is 15.3 Å². The SMILES string of the molecule is CCOC(=O)C(I)C(=O)C(C)(C)C. The molecule has 13 heavy (non-hydrogen) atoms. The maximum atomic E-state index is 11.6. The van der Waals surface area contributed by atoms with Crippen LogP contribution in [-0.4, -0.2) is 22.3 Å². The predicted molar refractivity (Wildman–Crippen MR) is 58.9 cm³/mol. The van der Waals surface area contributed by atoms with E-state index in [-0.39, 0.29) is 5.78 Å². The molecule has 0 N–H and O–H groups in total. The highest BCUT2D eigenvalue weighted by atomic mass is 127. The van der Waals surface area contributed by atoms with E-state index in [4.69, 9.17) is 4.74 Å². The van der Waals surface area contributed by atoms with Gasteiger partial charge in [-0.15, -0.1) is 0 Å². The normalized spacial score (nSPS) is 13.6. The molecule has 3 nitrogen and oxygen atoms in total. The van der Waals surface area contributed by atoms with E-state index in [0.29, 0.717) is 6.61 Å². The molecule has 1 unspecified atom stereocenters. The molecule has 0 radical (unpaired) electrons. The van der Waals surface area contributed by atoms with Crippen molar-refractivity contribution in [2.45, 2.75) is 31.6 Å². The van der Waals surface area contributed by atoms with Gasteiger partial charge in [0.25, 0.3) is 0 Å². The minimum absolute atomic E-state index is 0.0912. The van der Waals surface area contributed by atoms with Crippen LogP contribution in [0.3, 0.4) is 0 Å². The fourth-order valence-electron chi connectivity index (χ4n) is 0.703. The summed E-state index contributed by atoms with van der Waals surface area (Å²) in [5, 5.41) is 0. The third-order valence-electron chi connectivity index (χ3n) is 1.46. The molecule has 0 aliphatic heterocycles. The number of carbonyl (C=O) groups is 2. The Labute approximate surface area is 92.4 Å². The third-order valence-corrected chi connectivity index (χ3v) is 2.54. The quantitative estimate of drug-likeness (QED) is 0.346. The lowest BCUT2D eigenvalue weighted by Crippen LogP contribution is -2.35. The van der Waals surface area contributed by atoms with Gasteiger partial charge in [0.2, 0.25) is 0 Å². The molecule has 0 rings (SSSR count). The van der Waals surface area contributed by atoms with Crippen molar-refractivity contribution < 1.29 is 14.3 Å². The summed E-state index contributed by atoms with van der Waals surface area (Å²) in [6.07, 6.45) is 0. The van der Waals surface area contributed by atoms with Gasteiger partial charge in [-0.05, 0) is 6.92 Å². The lowest BCUT2D eigenvalue weighted by atomic mass is 9.89. The largest absolute Gasteiger partial charge is 0.465 e. The summed E-state index contributed by atoms with van der Waals surface area (Å²) in [4.78, 5) is 22.8. The fraction of sp³-hybridized carbons (Fsp3) is 0.778. The zero-order valence-corrected chi connectivity index (χ0v) is 10.5. The molecule has 1 atom stereocenters. The van der Waals surface area contributed by atoms with Gasteiger partial charge in [0.15, 0.2) is 9.71 Å².